The van der Waals surface area contributed by atoms with E-state index in [1.54, 1.807) is 6.21 Å². The maximum atomic E-state index is 12.3. The van der Waals surface area contributed by atoms with E-state index < -0.39 is 0 Å². The maximum Gasteiger partial charge on any atom is 0.277 e. The summed E-state index contributed by atoms with van der Waals surface area (Å²) >= 11 is 0. The number of aryl methyl sites for hydroxylation is 3. The summed E-state index contributed by atoms with van der Waals surface area (Å²) in [5.74, 6) is 1.29. The van der Waals surface area contributed by atoms with Crippen molar-refractivity contribution in [1.29, 1.82) is 0 Å². The zero-order chi connectivity index (χ0) is 23.4. The second-order valence-corrected chi connectivity index (χ2v) is 9.35. The Balaban J connectivity index is 1.39. The van der Waals surface area contributed by atoms with Crippen LogP contribution in [0.4, 0.5) is 0 Å². The fourth-order valence-corrected chi connectivity index (χ4v) is 4.72. The van der Waals surface area contributed by atoms with Crippen molar-refractivity contribution in [2.45, 2.75) is 47.1 Å². The van der Waals surface area contributed by atoms with Gasteiger partial charge in [0, 0.05) is 29.2 Å². The van der Waals surface area contributed by atoms with Crippen LogP contribution in [-0.2, 0) is 11.3 Å². The molecular formula is C27H34N4O2. The van der Waals surface area contributed by atoms with Gasteiger partial charge in [-0.3, -0.25) is 9.69 Å². The highest BCUT2D eigenvalue weighted by Crippen LogP contribution is 2.26. The van der Waals surface area contributed by atoms with Gasteiger partial charge in [-0.2, -0.15) is 5.10 Å². The molecule has 0 spiro atoms. The number of hydrogen-bond acceptors (Lipinski definition) is 4. The molecule has 3 aromatic rings. The minimum absolute atomic E-state index is 0.0743. The van der Waals surface area contributed by atoms with E-state index in [4.69, 9.17) is 4.74 Å². The number of carbonyl (C=O) groups is 1. The van der Waals surface area contributed by atoms with Crippen molar-refractivity contribution in [3.8, 4) is 5.75 Å². The van der Waals surface area contributed by atoms with Crippen LogP contribution >= 0.6 is 0 Å². The number of nitrogens with one attached hydrogen (secondary N) is 2. The molecule has 6 heteroatoms. The minimum Gasteiger partial charge on any atom is -0.483 e. The number of aromatic amines is 1. The number of rotatable bonds is 7. The molecule has 33 heavy (non-hydrogen) atoms. The van der Waals surface area contributed by atoms with Crippen molar-refractivity contribution in [2.75, 3.05) is 19.7 Å². The molecule has 6 nitrogen and oxygen atoms in total. The summed E-state index contributed by atoms with van der Waals surface area (Å²) in [6, 6.07) is 10.2. The van der Waals surface area contributed by atoms with Crippen LogP contribution in [0.1, 0.15) is 47.6 Å². The van der Waals surface area contributed by atoms with Gasteiger partial charge in [-0.15, -0.1) is 0 Å². The smallest absolute Gasteiger partial charge is 0.277 e. The molecule has 2 aromatic carbocycles. The quantitative estimate of drug-likeness (QED) is 0.402. The molecule has 174 valence electrons. The van der Waals surface area contributed by atoms with Crippen molar-refractivity contribution in [3.63, 3.8) is 0 Å². The van der Waals surface area contributed by atoms with Crippen LogP contribution in [0.15, 0.2) is 41.6 Å². The van der Waals surface area contributed by atoms with Gasteiger partial charge in [-0.1, -0.05) is 36.8 Å². The summed E-state index contributed by atoms with van der Waals surface area (Å²) in [5.41, 5.74) is 9.17. The third-order valence-corrected chi connectivity index (χ3v) is 6.44. The lowest BCUT2D eigenvalue weighted by molar-refractivity contribution is -0.123. The van der Waals surface area contributed by atoms with E-state index in [0.717, 1.165) is 58.9 Å². The molecule has 1 fully saturated rings. The third-order valence-electron chi connectivity index (χ3n) is 6.44. The van der Waals surface area contributed by atoms with Gasteiger partial charge in [0.25, 0.3) is 5.91 Å². The van der Waals surface area contributed by atoms with Crippen molar-refractivity contribution >= 4 is 23.0 Å². The topological polar surface area (TPSA) is 69.7 Å². The van der Waals surface area contributed by atoms with Crippen LogP contribution in [0.5, 0.6) is 5.75 Å². The number of benzene rings is 2. The standard InChI is InChI=1S/C27H34N4O2/c1-18-8-10-31(11-9-18)16-23-14-28-24-7-5-6-22(26(23)24)15-29-30-25(32)17-33-27-20(3)12-19(2)13-21(27)4/h5-7,12-15,18,28H,8-11,16-17H2,1-4H3,(H,30,32). The highest BCUT2D eigenvalue weighted by atomic mass is 16.5. The summed E-state index contributed by atoms with van der Waals surface area (Å²) < 4.78 is 5.76. The van der Waals surface area contributed by atoms with Crippen LogP contribution in [0.3, 0.4) is 0 Å². The van der Waals surface area contributed by atoms with Gasteiger partial charge in [-0.05, 0) is 75.4 Å². The molecule has 1 aliphatic heterocycles. The van der Waals surface area contributed by atoms with Crippen LogP contribution in [0, 0.1) is 26.7 Å². The fraction of sp³-hybridized carbons (Fsp3) is 0.407. The number of H-pyrrole nitrogens is 1. The number of amides is 1. The zero-order valence-electron chi connectivity index (χ0n) is 20.1. The molecule has 2 heterocycles. The van der Waals surface area contributed by atoms with E-state index in [1.165, 1.54) is 24.0 Å². The van der Waals surface area contributed by atoms with Crippen LogP contribution in [0.2, 0.25) is 0 Å². The first-order valence-corrected chi connectivity index (χ1v) is 11.7. The predicted molar refractivity (Wildman–Crippen MR) is 134 cm³/mol. The van der Waals surface area contributed by atoms with Gasteiger partial charge in [0.15, 0.2) is 6.61 Å². The molecule has 0 unspecified atom stereocenters. The van der Waals surface area contributed by atoms with E-state index in [0.29, 0.717) is 0 Å². The number of hydrazone groups is 1. The molecule has 0 atom stereocenters. The first-order valence-electron chi connectivity index (χ1n) is 11.7. The van der Waals surface area contributed by atoms with Crippen molar-refractivity contribution in [2.24, 2.45) is 11.0 Å². The zero-order valence-corrected chi connectivity index (χ0v) is 20.1. The molecular weight excluding hydrogens is 412 g/mol. The SMILES string of the molecule is Cc1cc(C)c(OCC(=O)NN=Cc2cccc3[nH]cc(CN4CCC(C)CC4)c23)c(C)c1. The van der Waals surface area contributed by atoms with E-state index in [-0.39, 0.29) is 12.5 Å². The molecule has 1 amide bonds. The summed E-state index contributed by atoms with van der Waals surface area (Å²) in [6.45, 7) is 11.5. The Morgan fingerprint density at radius 3 is 2.67 bits per heavy atom. The molecule has 0 radical (unpaired) electrons. The monoisotopic (exact) mass is 446 g/mol. The number of fused-ring (bicyclic) bond motifs is 1. The Hall–Kier alpha value is -3.12. The van der Waals surface area contributed by atoms with E-state index in [1.807, 2.05) is 26.0 Å². The second-order valence-electron chi connectivity index (χ2n) is 9.35. The predicted octanol–water partition coefficient (Wildman–Crippen LogP) is 4.85. The lowest BCUT2D eigenvalue weighted by Gasteiger charge is -2.30. The molecule has 0 saturated carbocycles. The molecule has 4 rings (SSSR count). The first kappa shape index (κ1) is 23.1. The van der Waals surface area contributed by atoms with Gasteiger partial charge in [0.1, 0.15) is 5.75 Å². The van der Waals surface area contributed by atoms with E-state index in [2.05, 4.69) is 58.7 Å². The van der Waals surface area contributed by atoms with Crippen molar-refractivity contribution < 1.29 is 9.53 Å². The summed E-state index contributed by atoms with van der Waals surface area (Å²) in [4.78, 5) is 18.2. The number of nitrogens with zero attached hydrogens (tertiary/aromatic N) is 2. The summed E-state index contributed by atoms with van der Waals surface area (Å²) in [7, 11) is 0. The average molecular weight is 447 g/mol. The van der Waals surface area contributed by atoms with Crippen molar-refractivity contribution in [1.82, 2.24) is 15.3 Å². The molecule has 1 aromatic heterocycles. The normalized spacial score (nSPS) is 15.4. The Kier molecular flexibility index (Phi) is 7.14. The van der Waals surface area contributed by atoms with Crippen LogP contribution in [0.25, 0.3) is 10.9 Å². The fourth-order valence-electron chi connectivity index (χ4n) is 4.72. The Labute approximate surface area is 196 Å². The molecule has 0 bridgehead atoms. The van der Waals surface area contributed by atoms with Gasteiger partial charge in [0.05, 0.1) is 6.21 Å². The lowest BCUT2D eigenvalue weighted by Crippen LogP contribution is -2.32. The Morgan fingerprint density at radius 2 is 1.94 bits per heavy atom. The summed E-state index contributed by atoms with van der Waals surface area (Å²) in [5, 5.41) is 5.37. The highest BCUT2D eigenvalue weighted by Gasteiger charge is 2.18. The van der Waals surface area contributed by atoms with Gasteiger partial charge in [0.2, 0.25) is 0 Å². The van der Waals surface area contributed by atoms with Crippen molar-refractivity contribution in [3.05, 3.63) is 64.3 Å². The number of hydrogen-bond donors (Lipinski definition) is 2. The van der Waals surface area contributed by atoms with E-state index in [9.17, 15) is 4.79 Å². The second kappa shape index (κ2) is 10.2. The number of piperidine rings is 1. The molecule has 1 saturated heterocycles. The van der Waals surface area contributed by atoms with E-state index >= 15 is 0 Å². The number of carbonyl (C=O) groups excluding carboxylic acids is 1. The molecule has 1 aliphatic rings. The maximum absolute atomic E-state index is 12.3. The van der Waals surface area contributed by atoms with Crippen LogP contribution < -0.4 is 10.2 Å². The Bertz CT molecular complexity index is 1130. The minimum atomic E-state index is -0.283. The highest BCUT2D eigenvalue weighted by molar-refractivity contribution is 6.00. The van der Waals surface area contributed by atoms with Gasteiger partial charge in [-0.25, -0.2) is 5.43 Å². The van der Waals surface area contributed by atoms with Gasteiger partial charge >= 0.3 is 0 Å². The largest absolute Gasteiger partial charge is 0.483 e. The summed E-state index contributed by atoms with van der Waals surface area (Å²) in [6.07, 6.45) is 6.33. The number of ether oxygens (including phenoxy) is 1. The number of aromatic nitrogens is 1. The van der Waals surface area contributed by atoms with Crippen LogP contribution in [-0.4, -0.2) is 41.7 Å². The first-order chi connectivity index (χ1) is 15.9. The third kappa shape index (κ3) is 5.63. The average Bonchev–Trinajstić information content (AvgIpc) is 3.18. The molecule has 0 aliphatic carbocycles. The Morgan fingerprint density at radius 1 is 1.21 bits per heavy atom. The number of likely N-dealkylation sites (tertiary alicyclic amines) is 1. The lowest BCUT2D eigenvalue weighted by atomic mass is 9.98. The van der Waals surface area contributed by atoms with Gasteiger partial charge < -0.3 is 9.72 Å². The molecule has 2 N–H and O–H groups in total.